The van der Waals surface area contributed by atoms with Crippen LogP contribution < -0.4 is 5.32 Å². The second-order valence-corrected chi connectivity index (χ2v) is 9.32. The molecular formula is C23H31N5O2S. The van der Waals surface area contributed by atoms with E-state index in [1.807, 2.05) is 35.2 Å². The van der Waals surface area contributed by atoms with E-state index in [0.29, 0.717) is 30.6 Å². The number of thiophene rings is 1. The van der Waals surface area contributed by atoms with E-state index in [-0.39, 0.29) is 5.91 Å². The van der Waals surface area contributed by atoms with E-state index in [9.17, 15) is 4.79 Å². The summed E-state index contributed by atoms with van der Waals surface area (Å²) in [6, 6.07) is 6.24. The van der Waals surface area contributed by atoms with Crippen LogP contribution in [0.2, 0.25) is 0 Å². The fraction of sp³-hybridized carbons (Fsp3) is 0.522. The van der Waals surface area contributed by atoms with Crippen LogP contribution >= 0.6 is 11.3 Å². The van der Waals surface area contributed by atoms with Crippen molar-refractivity contribution in [1.82, 2.24) is 25.0 Å². The van der Waals surface area contributed by atoms with Crippen LogP contribution in [0.5, 0.6) is 0 Å². The lowest BCUT2D eigenvalue weighted by Gasteiger charge is -2.35. The summed E-state index contributed by atoms with van der Waals surface area (Å²) in [5, 5.41) is 10.5. The van der Waals surface area contributed by atoms with Gasteiger partial charge in [0.1, 0.15) is 0 Å². The Morgan fingerprint density at radius 3 is 2.81 bits per heavy atom. The molecule has 1 N–H and O–H groups in total. The minimum absolute atomic E-state index is 0.0668. The highest BCUT2D eigenvalue weighted by Gasteiger charge is 2.24. The summed E-state index contributed by atoms with van der Waals surface area (Å²) in [6.45, 7) is 11.2. The number of rotatable bonds is 8. The predicted octanol–water partition coefficient (Wildman–Crippen LogP) is 3.66. The van der Waals surface area contributed by atoms with Gasteiger partial charge in [-0.25, -0.2) is 9.67 Å². The van der Waals surface area contributed by atoms with E-state index in [4.69, 9.17) is 9.72 Å². The van der Waals surface area contributed by atoms with Gasteiger partial charge in [-0.15, -0.1) is 11.3 Å². The molecule has 4 rings (SSSR count). The molecule has 0 spiro atoms. The van der Waals surface area contributed by atoms with Crippen LogP contribution in [-0.4, -0.2) is 64.5 Å². The molecule has 0 saturated carbocycles. The van der Waals surface area contributed by atoms with Crippen LogP contribution in [0.15, 0.2) is 29.8 Å². The summed E-state index contributed by atoms with van der Waals surface area (Å²) in [5.41, 5.74) is 2.21. The first-order chi connectivity index (χ1) is 15.1. The topological polar surface area (TPSA) is 72.3 Å². The highest BCUT2D eigenvalue weighted by Crippen LogP contribution is 2.28. The van der Waals surface area contributed by atoms with E-state index >= 15 is 0 Å². The van der Waals surface area contributed by atoms with Gasteiger partial charge in [-0.2, -0.15) is 5.10 Å². The number of ether oxygens (including phenoxy) is 1. The third-order valence-electron chi connectivity index (χ3n) is 5.73. The minimum Gasteiger partial charge on any atom is -0.379 e. The van der Waals surface area contributed by atoms with Gasteiger partial charge < -0.3 is 10.1 Å². The normalized spacial score (nSPS) is 16.1. The second-order valence-electron chi connectivity index (χ2n) is 8.37. The quantitative estimate of drug-likeness (QED) is 0.578. The number of hydrogen-bond donors (Lipinski definition) is 1. The van der Waals surface area contributed by atoms with Gasteiger partial charge in [-0.1, -0.05) is 19.9 Å². The maximum absolute atomic E-state index is 13.3. The molecule has 4 heterocycles. The van der Waals surface area contributed by atoms with Crippen molar-refractivity contribution in [3.8, 4) is 10.6 Å². The molecule has 31 heavy (non-hydrogen) atoms. The average Bonchev–Trinajstić information content (AvgIpc) is 3.46. The Balaban J connectivity index is 1.59. The standard InChI is InChI=1S/C23H31N5O2S/c1-4-28-22-19(15-25-28)18(13-20(26-22)21-6-5-11-31-21)23(29)24-14-17(12-16(2)3)27-7-9-30-10-8-27/h5-6,11,13,15-17H,4,7-10,12,14H2,1-3H3,(H,24,29). The summed E-state index contributed by atoms with van der Waals surface area (Å²) < 4.78 is 7.36. The summed E-state index contributed by atoms with van der Waals surface area (Å²) in [7, 11) is 0. The average molecular weight is 442 g/mol. The van der Waals surface area contributed by atoms with Crippen LogP contribution in [0, 0.1) is 5.92 Å². The van der Waals surface area contributed by atoms with Crippen molar-refractivity contribution in [3.63, 3.8) is 0 Å². The number of pyridine rings is 1. The first-order valence-electron chi connectivity index (χ1n) is 11.1. The van der Waals surface area contributed by atoms with Gasteiger partial charge in [0.05, 0.1) is 40.9 Å². The van der Waals surface area contributed by atoms with Gasteiger partial charge in [0, 0.05) is 32.2 Å². The van der Waals surface area contributed by atoms with Gasteiger partial charge in [-0.3, -0.25) is 9.69 Å². The molecule has 1 aliphatic heterocycles. The molecule has 166 valence electrons. The number of nitrogens with zero attached hydrogens (tertiary/aromatic N) is 4. The van der Waals surface area contributed by atoms with E-state index in [1.165, 1.54) is 0 Å². The van der Waals surface area contributed by atoms with Crippen molar-refractivity contribution in [2.24, 2.45) is 5.92 Å². The largest absolute Gasteiger partial charge is 0.379 e. The molecule has 3 aromatic heterocycles. The zero-order valence-corrected chi connectivity index (χ0v) is 19.3. The highest BCUT2D eigenvalue weighted by atomic mass is 32.1. The molecular weight excluding hydrogens is 410 g/mol. The number of carbonyl (C=O) groups excluding carboxylic acids is 1. The lowest BCUT2D eigenvalue weighted by atomic mass is 10.0. The third kappa shape index (κ3) is 4.97. The van der Waals surface area contributed by atoms with Gasteiger partial charge >= 0.3 is 0 Å². The lowest BCUT2D eigenvalue weighted by Crippen LogP contribution is -2.49. The van der Waals surface area contributed by atoms with Crippen LogP contribution in [0.3, 0.4) is 0 Å². The fourth-order valence-electron chi connectivity index (χ4n) is 4.17. The smallest absolute Gasteiger partial charge is 0.252 e. The number of morpholine rings is 1. The number of aryl methyl sites for hydroxylation is 1. The van der Waals surface area contributed by atoms with Crippen molar-refractivity contribution >= 4 is 28.3 Å². The minimum atomic E-state index is -0.0668. The first-order valence-corrected chi connectivity index (χ1v) is 11.9. The molecule has 1 amide bonds. The molecule has 0 radical (unpaired) electrons. The van der Waals surface area contributed by atoms with Gasteiger partial charge in [0.25, 0.3) is 5.91 Å². The zero-order chi connectivity index (χ0) is 21.8. The number of hydrogen-bond acceptors (Lipinski definition) is 6. The van der Waals surface area contributed by atoms with Gasteiger partial charge in [0.15, 0.2) is 5.65 Å². The fourth-order valence-corrected chi connectivity index (χ4v) is 4.86. The predicted molar refractivity (Wildman–Crippen MR) is 124 cm³/mol. The molecule has 8 heteroatoms. The van der Waals surface area contributed by atoms with Crippen LogP contribution in [-0.2, 0) is 11.3 Å². The maximum Gasteiger partial charge on any atom is 0.252 e. The zero-order valence-electron chi connectivity index (χ0n) is 18.5. The highest BCUT2D eigenvalue weighted by molar-refractivity contribution is 7.13. The molecule has 7 nitrogen and oxygen atoms in total. The van der Waals surface area contributed by atoms with Crippen molar-refractivity contribution in [3.05, 3.63) is 35.3 Å². The van der Waals surface area contributed by atoms with Crippen molar-refractivity contribution in [2.45, 2.75) is 39.8 Å². The molecule has 3 aromatic rings. The molecule has 0 aliphatic carbocycles. The second kappa shape index (κ2) is 9.89. The Morgan fingerprint density at radius 2 is 2.13 bits per heavy atom. The Morgan fingerprint density at radius 1 is 1.32 bits per heavy atom. The first kappa shape index (κ1) is 21.9. The molecule has 1 unspecified atom stereocenters. The number of amides is 1. The lowest BCUT2D eigenvalue weighted by molar-refractivity contribution is 0.0124. The van der Waals surface area contributed by atoms with E-state index in [2.05, 4.69) is 29.2 Å². The Hall–Kier alpha value is -2.29. The summed E-state index contributed by atoms with van der Waals surface area (Å²) in [4.78, 5) is 21.6. The van der Waals surface area contributed by atoms with Gasteiger partial charge in [-0.05, 0) is 36.8 Å². The molecule has 1 saturated heterocycles. The summed E-state index contributed by atoms with van der Waals surface area (Å²) in [5.74, 6) is 0.494. The summed E-state index contributed by atoms with van der Waals surface area (Å²) in [6.07, 6.45) is 2.80. The molecule has 0 bridgehead atoms. The van der Waals surface area contributed by atoms with Crippen molar-refractivity contribution in [1.29, 1.82) is 0 Å². The number of aromatic nitrogens is 3. The Kier molecular flexibility index (Phi) is 6.99. The Labute approximate surface area is 187 Å². The van der Waals surface area contributed by atoms with Crippen LogP contribution in [0.4, 0.5) is 0 Å². The van der Waals surface area contributed by atoms with Crippen molar-refractivity contribution < 1.29 is 9.53 Å². The number of nitrogens with one attached hydrogen (secondary N) is 1. The van der Waals surface area contributed by atoms with E-state index < -0.39 is 0 Å². The molecule has 0 aromatic carbocycles. The molecule has 1 fully saturated rings. The number of carbonyl (C=O) groups is 1. The van der Waals surface area contributed by atoms with Crippen LogP contribution in [0.25, 0.3) is 21.6 Å². The Bertz CT molecular complexity index is 1010. The number of fused-ring (bicyclic) bond motifs is 1. The third-order valence-corrected chi connectivity index (χ3v) is 6.62. The summed E-state index contributed by atoms with van der Waals surface area (Å²) >= 11 is 1.62. The monoisotopic (exact) mass is 441 g/mol. The van der Waals surface area contributed by atoms with E-state index in [0.717, 1.165) is 54.3 Å². The van der Waals surface area contributed by atoms with Gasteiger partial charge in [0.2, 0.25) is 0 Å². The van der Waals surface area contributed by atoms with Crippen LogP contribution in [0.1, 0.15) is 37.6 Å². The molecule has 1 atom stereocenters. The van der Waals surface area contributed by atoms with Crippen molar-refractivity contribution in [2.75, 3.05) is 32.8 Å². The van der Waals surface area contributed by atoms with E-state index in [1.54, 1.807) is 17.5 Å². The molecule has 1 aliphatic rings. The SMILES string of the molecule is CCn1ncc2c(C(=O)NCC(CC(C)C)N3CCOCC3)cc(-c3cccs3)nc21. The maximum atomic E-state index is 13.3.